The zero-order valence-corrected chi connectivity index (χ0v) is 16.8. The molecule has 2 N–H and O–H groups in total. The van der Waals surface area contributed by atoms with Gasteiger partial charge in [0.05, 0.1) is 11.6 Å². The second-order valence-electron chi connectivity index (χ2n) is 8.19. The lowest BCUT2D eigenvalue weighted by Gasteiger charge is -2.21. The quantitative estimate of drug-likeness (QED) is 0.473. The summed E-state index contributed by atoms with van der Waals surface area (Å²) < 4.78 is 5.36. The molecule has 0 radical (unpaired) electrons. The van der Waals surface area contributed by atoms with E-state index in [1.807, 2.05) is 19.9 Å². The molecule has 6 heteroatoms. The molecule has 0 saturated carbocycles. The van der Waals surface area contributed by atoms with Gasteiger partial charge in [0.1, 0.15) is 17.9 Å². The van der Waals surface area contributed by atoms with Crippen molar-refractivity contribution in [1.82, 2.24) is 5.32 Å². The fraction of sp³-hybridized carbons (Fsp3) is 0.571. The van der Waals surface area contributed by atoms with E-state index in [2.05, 4.69) is 5.32 Å². The molecule has 27 heavy (non-hydrogen) atoms. The third-order valence-corrected chi connectivity index (χ3v) is 3.88. The Bertz CT molecular complexity index is 637. The number of aldehydes is 1. The molecule has 0 bridgehead atoms. The van der Waals surface area contributed by atoms with Gasteiger partial charge in [0.15, 0.2) is 0 Å². The molecule has 0 aromatic carbocycles. The number of carbonyl (C=O) groups is 3. The van der Waals surface area contributed by atoms with E-state index in [0.29, 0.717) is 18.4 Å². The SMILES string of the molecule is CC(C)C[C@@H](C=O)N[C@@H](CC1=CC=C(C(=O)OC(C)(C)C)C=CC1)C(=O)O. The predicted octanol–water partition coefficient (Wildman–Crippen LogP) is 3.19. The van der Waals surface area contributed by atoms with Crippen molar-refractivity contribution in [1.29, 1.82) is 0 Å². The van der Waals surface area contributed by atoms with Crippen molar-refractivity contribution in [3.8, 4) is 0 Å². The van der Waals surface area contributed by atoms with E-state index in [1.165, 1.54) is 0 Å². The van der Waals surface area contributed by atoms with Crippen LogP contribution >= 0.6 is 0 Å². The molecule has 2 atom stereocenters. The number of allylic oxidation sites excluding steroid dienone is 3. The highest BCUT2D eigenvalue weighted by Crippen LogP contribution is 2.19. The normalized spacial score (nSPS) is 16.8. The lowest BCUT2D eigenvalue weighted by Crippen LogP contribution is -2.45. The lowest BCUT2D eigenvalue weighted by molar-refractivity contribution is -0.149. The number of carbonyl (C=O) groups excluding carboxylic acids is 2. The van der Waals surface area contributed by atoms with Crippen LogP contribution in [0.25, 0.3) is 0 Å². The van der Waals surface area contributed by atoms with Crippen molar-refractivity contribution >= 4 is 18.2 Å². The summed E-state index contributed by atoms with van der Waals surface area (Å²) in [7, 11) is 0. The van der Waals surface area contributed by atoms with Crippen LogP contribution in [0.3, 0.4) is 0 Å². The van der Waals surface area contributed by atoms with Crippen LogP contribution in [0.4, 0.5) is 0 Å². The summed E-state index contributed by atoms with van der Waals surface area (Å²) in [5.74, 6) is -1.14. The Balaban J connectivity index is 2.85. The molecule has 1 aliphatic carbocycles. The maximum absolute atomic E-state index is 12.2. The Kier molecular flexibility index (Phi) is 8.63. The maximum Gasteiger partial charge on any atom is 0.338 e. The van der Waals surface area contributed by atoms with Gasteiger partial charge in [0.2, 0.25) is 0 Å². The second kappa shape index (κ2) is 10.2. The second-order valence-corrected chi connectivity index (χ2v) is 8.19. The predicted molar refractivity (Wildman–Crippen MR) is 104 cm³/mol. The molecule has 0 heterocycles. The minimum atomic E-state index is -1.00. The first-order valence-electron chi connectivity index (χ1n) is 9.25. The monoisotopic (exact) mass is 377 g/mol. The molecule has 0 aromatic heterocycles. The van der Waals surface area contributed by atoms with E-state index < -0.39 is 29.6 Å². The molecule has 0 aromatic rings. The number of rotatable bonds is 9. The van der Waals surface area contributed by atoms with Crippen LogP contribution in [0.1, 0.15) is 53.9 Å². The maximum atomic E-state index is 12.2. The zero-order valence-electron chi connectivity index (χ0n) is 16.8. The van der Waals surface area contributed by atoms with E-state index in [1.54, 1.807) is 39.0 Å². The molecule has 0 spiro atoms. The van der Waals surface area contributed by atoms with Crippen LogP contribution in [-0.2, 0) is 19.1 Å². The van der Waals surface area contributed by atoms with Gasteiger partial charge in [0, 0.05) is 0 Å². The Morgan fingerprint density at radius 2 is 1.96 bits per heavy atom. The number of nitrogens with one attached hydrogen (secondary N) is 1. The summed E-state index contributed by atoms with van der Waals surface area (Å²) in [5.41, 5.74) is 0.702. The van der Waals surface area contributed by atoms with Gasteiger partial charge in [-0.2, -0.15) is 0 Å². The van der Waals surface area contributed by atoms with E-state index in [0.717, 1.165) is 11.9 Å². The zero-order chi connectivity index (χ0) is 20.6. The molecule has 1 rings (SSSR count). The number of hydrogen-bond acceptors (Lipinski definition) is 5. The molecular formula is C21H31NO5. The van der Waals surface area contributed by atoms with E-state index >= 15 is 0 Å². The van der Waals surface area contributed by atoms with Crippen molar-refractivity contribution in [3.63, 3.8) is 0 Å². The van der Waals surface area contributed by atoms with E-state index in [9.17, 15) is 19.5 Å². The molecule has 150 valence electrons. The minimum Gasteiger partial charge on any atom is -0.480 e. The van der Waals surface area contributed by atoms with Crippen molar-refractivity contribution in [2.75, 3.05) is 0 Å². The first-order chi connectivity index (χ1) is 12.5. The molecule has 1 aliphatic rings. The summed E-state index contributed by atoms with van der Waals surface area (Å²) >= 11 is 0. The molecular weight excluding hydrogens is 346 g/mol. The number of ether oxygens (including phenoxy) is 1. The summed E-state index contributed by atoms with van der Waals surface area (Å²) in [6.07, 6.45) is 9.04. The average Bonchev–Trinajstić information content (AvgIpc) is 2.76. The third kappa shape index (κ3) is 8.82. The van der Waals surface area contributed by atoms with Gasteiger partial charge in [-0.25, -0.2) is 4.79 Å². The topological polar surface area (TPSA) is 92.7 Å². The van der Waals surface area contributed by atoms with Crippen LogP contribution in [0.15, 0.2) is 35.5 Å². The Morgan fingerprint density at radius 3 is 2.48 bits per heavy atom. The summed E-state index contributed by atoms with van der Waals surface area (Å²) in [4.78, 5) is 35.0. The van der Waals surface area contributed by atoms with E-state index in [4.69, 9.17) is 4.74 Å². The minimum absolute atomic E-state index is 0.250. The Morgan fingerprint density at radius 1 is 1.30 bits per heavy atom. The standard InChI is InChI=1S/C21H31NO5/c1-14(2)11-17(13-23)22-18(19(24)25)12-15-7-6-8-16(10-9-15)20(26)27-21(3,4)5/h6,8-10,13-14,17-18,22H,7,11-12H2,1-5H3,(H,24,25)/t17-,18-/m0/s1. The molecule has 0 amide bonds. The number of esters is 1. The number of carboxylic acid groups (broad SMARTS) is 1. The summed E-state index contributed by atoms with van der Waals surface area (Å²) in [6.45, 7) is 9.37. The third-order valence-electron chi connectivity index (χ3n) is 3.88. The van der Waals surface area contributed by atoms with Gasteiger partial charge in [0.25, 0.3) is 0 Å². The van der Waals surface area contributed by atoms with Crippen LogP contribution in [0.5, 0.6) is 0 Å². The molecule has 6 nitrogen and oxygen atoms in total. The van der Waals surface area contributed by atoms with Crippen LogP contribution in [-0.4, -0.2) is 41.0 Å². The highest BCUT2D eigenvalue weighted by Gasteiger charge is 2.24. The van der Waals surface area contributed by atoms with Gasteiger partial charge in [-0.05, 0) is 52.0 Å². The number of aliphatic carboxylic acids is 1. The Labute approximate surface area is 161 Å². The largest absolute Gasteiger partial charge is 0.480 e. The highest BCUT2D eigenvalue weighted by molar-refractivity contribution is 5.92. The lowest BCUT2D eigenvalue weighted by atomic mass is 10.00. The van der Waals surface area contributed by atoms with Crippen molar-refractivity contribution in [2.24, 2.45) is 5.92 Å². The van der Waals surface area contributed by atoms with Gasteiger partial charge in [-0.1, -0.05) is 37.6 Å². The summed E-state index contributed by atoms with van der Waals surface area (Å²) in [5, 5.41) is 12.4. The molecule has 0 saturated heterocycles. The fourth-order valence-corrected chi connectivity index (χ4v) is 2.70. The van der Waals surface area contributed by atoms with Gasteiger partial charge < -0.3 is 14.6 Å². The van der Waals surface area contributed by atoms with Crippen LogP contribution in [0.2, 0.25) is 0 Å². The molecule has 0 aliphatic heterocycles. The van der Waals surface area contributed by atoms with Gasteiger partial charge in [-0.15, -0.1) is 0 Å². The smallest absolute Gasteiger partial charge is 0.338 e. The molecule has 0 unspecified atom stereocenters. The van der Waals surface area contributed by atoms with E-state index in [-0.39, 0.29) is 12.3 Å². The highest BCUT2D eigenvalue weighted by atomic mass is 16.6. The first kappa shape index (κ1) is 22.8. The van der Waals surface area contributed by atoms with Crippen LogP contribution < -0.4 is 5.32 Å². The number of hydrogen-bond donors (Lipinski definition) is 2. The Hall–Kier alpha value is -2.21. The van der Waals surface area contributed by atoms with Gasteiger partial charge >= 0.3 is 11.9 Å². The van der Waals surface area contributed by atoms with Crippen LogP contribution in [0, 0.1) is 5.92 Å². The van der Waals surface area contributed by atoms with Gasteiger partial charge in [-0.3, -0.25) is 10.1 Å². The fourth-order valence-electron chi connectivity index (χ4n) is 2.70. The van der Waals surface area contributed by atoms with Crippen molar-refractivity contribution in [2.45, 2.75) is 71.6 Å². The average molecular weight is 377 g/mol. The van der Waals surface area contributed by atoms with Crippen molar-refractivity contribution < 1.29 is 24.2 Å². The summed E-state index contributed by atoms with van der Waals surface area (Å²) in [6, 6.07) is -1.36. The first-order valence-corrected chi connectivity index (χ1v) is 9.25. The van der Waals surface area contributed by atoms with Crippen molar-refractivity contribution in [3.05, 3.63) is 35.5 Å². The molecule has 0 fully saturated rings. The number of carboxylic acids is 1.